The predicted molar refractivity (Wildman–Crippen MR) is 94.0 cm³/mol. The van der Waals surface area contributed by atoms with Crippen LogP contribution in [-0.4, -0.2) is 37.4 Å². The topological polar surface area (TPSA) is 72.9 Å². The van der Waals surface area contributed by atoms with Crippen molar-refractivity contribution >= 4 is 16.0 Å². The number of esters is 1. The van der Waals surface area contributed by atoms with Gasteiger partial charge in [0.05, 0.1) is 4.90 Å². The van der Waals surface area contributed by atoms with Crippen molar-refractivity contribution in [3.8, 4) is 5.75 Å². The average Bonchev–Trinajstić information content (AvgIpc) is 2.94. The van der Waals surface area contributed by atoms with Crippen molar-refractivity contribution in [1.82, 2.24) is 4.31 Å². The maximum absolute atomic E-state index is 12.9. The number of piperidine rings is 1. The molecule has 2 aromatic carbocycles. The Balaban J connectivity index is 1.48. The molecule has 6 nitrogen and oxygen atoms in total. The third-order valence-corrected chi connectivity index (χ3v) is 6.66. The van der Waals surface area contributed by atoms with Crippen molar-refractivity contribution < 1.29 is 22.7 Å². The van der Waals surface area contributed by atoms with Gasteiger partial charge < -0.3 is 9.47 Å². The van der Waals surface area contributed by atoms with Crippen LogP contribution in [-0.2, 0) is 26.2 Å². The maximum atomic E-state index is 12.9. The summed E-state index contributed by atoms with van der Waals surface area (Å²) in [7, 11) is -3.74. The highest BCUT2D eigenvalue weighted by Crippen LogP contribution is 2.33. The molecule has 2 fully saturated rings. The Morgan fingerprint density at radius 2 is 1.81 bits per heavy atom. The molecule has 2 heterocycles. The molecule has 0 amide bonds. The Morgan fingerprint density at radius 3 is 2.54 bits per heavy atom. The predicted octanol–water partition coefficient (Wildman–Crippen LogP) is 2.34. The van der Waals surface area contributed by atoms with Crippen molar-refractivity contribution in [2.24, 2.45) is 0 Å². The zero-order valence-corrected chi connectivity index (χ0v) is 14.9. The van der Waals surface area contributed by atoms with Crippen LogP contribution in [0.5, 0.6) is 5.75 Å². The van der Waals surface area contributed by atoms with Crippen molar-refractivity contribution in [2.45, 2.75) is 36.5 Å². The van der Waals surface area contributed by atoms with Gasteiger partial charge in [0.2, 0.25) is 10.0 Å². The Morgan fingerprint density at radius 1 is 1.08 bits per heavy atom. The summed E-state index contributed by atoms with van der Waals surface area (Å²) < 4.78 is 37.9. The summed E-state index contributed by atoms with van der Waals surface area (Å²) in [6.07, 6.45) is 0.837. The van der Waals surface area contributed by atoms with Gasteiger partial charge in [0.1, 0.15) is 24.5 Å². The maximum Gasteiger partial charge on any atom is 0.324 e. The molecule has 0 N–H and O–H groups in total. The van der Waals surface area contributed by atoms with Gasteiger partial charge in [-0.25, -0.2) is 8.42 Å². The number of hydrogen-bond acceptors (Lipinski definition) is 5. The molecule has 0 aliphatic carbocycles. The monoisotopic (exact) mass is 373 g/mol. The number of sulfonamides is 1. The fourth-order valence-corrected chi connectivity index (χ4v) is 4.95. The zero-order chi connectivity index (χ0) is 18.1. The highest BCUT2D eigenvalue weighted by atomic mass is 32.2. The average molecular weight is 373 g/mol. The lowest BCUT2D eigenvalue weighted by Crippen LogP contribution is -2.45. The van der Waals surface area contributed by atoms with Crippen LogP contribution in [0, 0.1) is 0 Å². The second-order valence-electron chi connectivity index (χ2n) is 6.46. The van der Waals surface area contributed by atoms with E-state index in [0.717, 1.165) is 5.56 Å². The van der Waals surface area contributed by atoms with E-state index in [1.54, 1.807) is 12.1 Å². The summed E-state index contributed by atoms with van der Waals surface area (Å²) in [5, 5.41) is 0. The molecule has 26 heavy (non-hydrogen) atoms. The van der Waals surface area contributed by atoms with Gasteiger partial charge >= 0.3 is 5.97 Å². The summed E-state index contributed by atoms with van der Waals surface area (Å²) in [6, 6.07) is 15.3. The Labute approximate surface area is 152 Å². The van der Waals surface area contributed by atoms with E-state index in [2.05, 4.69) is 0 Å². The van der Waals surface area contributed by atoms with Crippen molar-refractivity contribution in [3.63, 3.8) is 0 Å². The van der Waals surface area contributed by atoms with Gasteiger partial charge in [-0.05, 0) is 36.2 Å². The first-order chi connectivity index (χ1) is 12.5. The molecule has 136 valence electrons. The van der Waals surface area contributed by atoms with Gasteiger partial charge in [-0.1, -0.05) is 30.3 Å². The molecule has 2 unspecified atom stereocenters. The molecule has 2 bridgehead atoms. The van der Waals surface area contributed by atoms with Crippen LogP contribution in [0.15, 0.2) is 59.5 Å². The molecule has 0 spiro atoms. The first-order valence-electron chi connectivity index (χ1n) is 8.53. The molecule has 2 aliphatic heterocycles. The lowest BCUT2D eigenvalue weighted by molar-refractivity contribution is -0.142. The fourth-order valence-electron chi connectivity index (χ4n) is 3.35. The van der Waals surface area contributed by atoms with Crippen molar-refractivity contribution in [3.05, 3.63) is 60.2 Å². The van der Waals surface area contributed by atoms with E-state index in [9.17, 15) is 13.2 Å². The molecule has 2 atom stereocenters. The number of hydrogen-bond donors (Lipinski definition) is 0. The first-order valence-corrected chi connectivity index (χ1v) is 9.97. The summed E-state index contributed by atoms with van der Waals surface area (Å²) in [6.45, 7) is 0.712. The van der Waals surface area contributed by atoms with E-state index < -0.39 is 22.0 Å². The van der Waals surface area contributed by atoms with Crippen LogP contribution in [0.4, 0.5) is 0 Å². The number of benzene rings is 2. The first kappa shape index (κ1) is 17.1. The van der Waals surface area contributed by atoms with E-state index in [4.69, 9.17) is 9.47 Å². The lowest BCUT2D eigenvalue weighted by atomic mass is 10.1. The SMILES string of the molecule is O=C1OC2CCN(S(=O)(=O)c3ccc(OCc4ccccc4)cc3)C1C2. The minimum absolute atomic E-state index is 0.146. The van der Waals surface area contributed by atoms with E-state index in [-0.39, 0.29) is 11.0 Å². The smallest absolute Gasteiger partial charge is 0.324 e. The minimum atomic E-state index is -3.74. The van der Waals surface area contributed by atoms with Gasteiger partial charge in [-0.3, -0.25) is 4.79 Å². The van der Waals surface area contributed by atoms with Gasteiger partial charge in [0.25, 0.3) is 0 Å². The largest absolute Gasteiger partial charge is 0.489 e. The van der Waals surface area contributed by atoms with E-state index in [1.807, 2.05) is 30.3 Å². The number of carbonyl (C=O) groups is 1. The van der Waals surface area contributed by atoms with Crippen LogP contribution < -0.4 is 4.74 Å². The number of ether oxygens (including phenoxy) is 2. The summed E-state index contributed by atoms with van der Waals surface area (Å²) in [4.78, 5) is 12.0. The highest BCUT2D eigenvalue weighted by molar-refractivity contribution is 7.89. The minimum Gasteiger partial charge on any atom is -0.489 e. The highest BCUT2D eigenvalue weighted by Gasteiger charge is 2.47. The lowest BCUT2D eigenvalue weighted by Gasteiger charge is -2.28. The summed E-state index contributed by atoms with van der Waals surface area (Å²) >= 11 is 0. The Bertz CT molecular complexity index is 895. The molecule has 0 saturated carbocycles. The molecular formula is C19H19NO5S. The number of nitrogens with zero attached hydrogens (tertiary/aromatic N) is 1. The Hall–Kier alpha value is -2.38. The molecule has 2 aromatic rings. The Kier molecular flexibility index (Phi) is 4.42. The van der Waals surface area contributed by atoms with Crippen LogP contribution >= 0.6 is 0 Å². The van der Waals surface area contributed by atoms with Crippen LogP contribution in [0.25, 0.3) is 0 Å². The van der Waals surface area contributed by atoms with E-state index >= 15 is 0 Å². The van der Waals surface area contributed by atoms with Gasteiger partial charge in [-0.2, -0.15) is 4.31 Å². The molecular weight excluding hydrogens is 354 g/mol. The molecule has 0 radical (unpaired) electrons. The number of rotatable bonds is 5. The van der Waals surface area contributed by atoms with Crippen LogP contribution in [0.2, 0.25) is 0 Å². The van der Waals surface area contributed by atoms with Crippen LogP contribution in [0.1, 0.15) is 18.4 Å². The molecule has 2 saturated heterocycles. The zero-order valence-electron chi connectivity index (χ0n) is 14.1. The van der Waals surface area contributed by atoms with Crippen molar-refractivity contribution in [2.75, 3.05) is 6.54 Å². The summed E-state index contributed by atoms with van der Waals surface area (Å²) in [5.74, 6) is 0.144. The van der Waals surface area contributed by atoms with Crippen molar-refractivity contribution in [1.29, 1.82) is 0 Å². The van der Waals surface area contributed by atoms with Crippen LogP contribution in [0.3, 0.4) is 0 Å². The molecule has 4 rings (SSSR count). The second-order valence-corrected chi connectivity index (χ2v) is 8.35. The third-order valence-electron chi connectivity index (χ3n) is 4.74. The van der Waals surface area contributed by atoms with E-state index in [0.29, 0.717) is 31.7 Å². The normalized spacial score (nSPS) is 22.8. The fraction of sp³-hybridized carbons (Fsp3) is 0.316. The second kappa shape index (κ2) is 6.74. The third kappa shape index (κ3) is 3.20. The number of fused-ring (bicyclic) bond motifs is 2. The molecule has 2 aliphatic rings. The standard InChI is InChI=1S/C19H19NO5S/c21-19-18-12-16(25-19)10-11-20(18)26(22,23)17-8-6-15(7-9-17)24-13-14-4-2-1-3-5-14/h1-9,16,18H,10-13H2. The van der Waals surface area contributed by atoms with E-state index in [1.165, 1.54) is 16.4 Å². The van der Waals surface area contributed by atoms with Gasteiger partial charge in [0.15, 0.2) is 0 Å². The molecule has 0 aromatic heterocycles. The summed E-state index contributed by atoms with van der Waals surface area (Å²) in [5.41, 5.74) is 1.03. The van der Waals surface area contributed by atoms with Gasteiger partial charge in [-0.15, -0.1) is 0 Å². The van der Waals surface area contributed by atoms with Gasteiger partial charge in [0, 0.05) is 13.0 Å². The molecule has 7 heteroatoms. The quantitative estimate of drug-likeness (QED) is 0.752. The number of carbonyl (C=O) groups excluding carboxylic acids is 1.